The number of anilines is 1. The molecule has 0 atom stereocenters. The molecule has 178 valence electrons. The predicted molar refractivity (Wildman–Crippen MR) is 138 cm³/mol. The van der Waals surface area contributed by atoms with Gasteiger partial charge in [0, 0.05) is 12.3 Å². The molecule has 4 heterocycles. The van der Waals surface area contributed by atoms with Crippen LogP contribution in [-0.2, 0) is 13.0 Å². The minimum Gasteiger partial charge on any atom is -0.461 e. The third-order valence-electron chi connectivity index (χ3n) is 6.36. The number of likely N-dealkylation sites (tertiary alicyclic amines) is 1. The molecule has 1 aromatic carbocycles. The largest absolute Gasteiger partial charge is 0.461 e. The lowest BCUT2D eigenvalue weighted by Gasteiger charge is -2.26. The maximum Gasteiger partial charge on any atom is 0.191 e. The van der Waals surface area contributed by atoms with E-state index in [9.17, 15) is 0 Å². The molecule has 4 aromatic rings. The van der Waals surface area contributed by atoms with Gasteiger partial charge in [0.25, 0.3) is 0 Å². The number of unbranched alkanes of at least 4 members (excludes halogenated alkanes) is 1. The number of fused-ring (bicyclic) bond motifs is 1. The lowest BCUT2D eigenvalue weighted by molar-refractivity contribution is 0.223. The monoisotopic (exact) mass is 476 g/mol. The SMILES string of the molecule is Nc1nc(SCCc2ccccc2)nc2c1nc(-c1ccco1)n2CCCCN1CCCCC1. The van der Waals surface area contributed by atoms with E-state index in [4.69, 9.17) is 20.1 Å². The van der Waals surface area contributed by atoms with E-state index < -0.39 is 0 Å². The average molecular weight is 477 g/mol. The zero-order valence-corrected chi connectivity index (χ0v) is 20.3. The lowest BCUT2D eigenvalue weighted by Crippen LogP contribution is -2.30. The molecule has 0 radical (unpaired) electrons. The minimum absolute atomic E-state index is 0.423. The summed E-state index contributed by atoms with van der Waals surface area (Å²) in [6.45, 7) is 4.45. The molecular weight excluding hydrogens is 444 g/mol. The quantitative estimate of drug-likeness (QED) is 0.190. The van der Waals surface area contributed by atoms with Gasteiger partial charge in [-0.05, 0) is 69.4 Å². The van der Waals surface area contributed by atoms with Gasteiger partial charge in [-0.3, -0.25) is 0 Å². The lowest BCUT2D eigenvalue weighted by atomic mass is 10.1. The molecule has 34 heavy (non-hydrogen) atoms. The van der Waals surface area contributed by atoms with Crippen LogP contribution in [0.3, 0.4) is 0 Å². The summed E-state index contributed by atoms with van der Waals surface area (Å²) in [4.78, 5) is 16.8. The highest BCUT2D eigenvalue weighted by Gasteiger charge is 2.20. The van der Waals surface area contributed by atoms with Crippen LogP contribution in [0.25, 0.3) is 22.7 Å². The molecule has 0 bridgehead atoms. The number of nitrogens with two attached hydrogens (primary N) is 1. The molecule has 1 fully saturated rings. The molecule has 1 aliphatic rings. The number of hydrogen-bond acceptors (Lipinski definition) is 7. The molecule has 1 aliphatic heterocycles. The average Bonchev–Trinajstić information content (AvgIpc) is 3.52. The first-order valence-electron chi connectivity index (χ1n) is 12.2. The van der Waals surface area contributed by atoms with Crippen molar-refractivity contribution in [2.45, 2.75) is 50.2 Å². The number of nitrogen functional groups attached to an aromatic ring is 1. The summed E-state index contributed by atoms with van der Waals surface area (Å²) in [5.41, 5.74) is 9.10. The molecule has 0 spiro atoms. The Labute approximate surface area is 204 Å². The standard InChI is InChI=1S/C26H32N6OS/c27-23-22-25(30-26(29-23)34-19-13-20-10-3-1-4-11-20)32(24(28-22)21-12-9-18-33-21)17-8-7-16-31-14-5-2-6-15-31/h1,3-4,9-12,18H,2,5-8,13-17,19H2,(H2,27,29,30). The summed E-state index contributed by atoms with van der Waals surface area (Å²) >= 11 is 1.63. The van der Waals surface area contributed by atoms with Crippen molar-refractivity contribution in [3.63, 3.8) is 0 Å². The van der Waals surface area contributed by atoms with E-state index in [0.29, 0.717) is 16.5 Å². The maximum atomic E-state index is 6.35. The first kappa shape index (κ1) is 22.9. The van der Waals surface area contributed by atoms with Gasteiger partial charge in [-0.15, -0.1) is 0 Å². The Morgan fingerprint density at radius 1 is 0.912 bits per heavy atom. The van der Waals surface area contributed by atoms with Gasteiger partial charge in [0.1, 0.15) is 0 Å². The topological polar surface area (TPSA) is 86.0 Å². The highest BCUT2D eigenvalue weighted by Crippen LogP contribution is 2.29. The molecule has 0 saturated carbocycles. The third-order valence-corrected chi connectivity index (χ3v) is 7.21. The number of piperidine rings is 1. The Bertz CT molecular complexity index is 1190. The summed E-state index contributed by atoms with van der Waals surface area (Å²) in [6, 6.07) is 14.3. The van der Waals surface area contributed by atoms with Crippen LogP contribution in [0, 0.1) is 0 Å². The van der Waals surface area contributed by atoms with Crippen molar-refractivity contribution in [3.05, 3.63) is 54.3 Å². The Kier molecular flexibility index (Phi) is 7.46. The fraction of sp³-hybridized carbons (Fsp3) is 0.423. The number of aryl methyl sites for hydroxylation is 2. The van der Waals surface area contributed by atoms with E-state index in [2.05, 4.69) is 38.7 Å². The number of thioether (sulfide) groups is 1. The molecule has 8 heteroatoms. The van der Waals surface area contributed by atoms with Crippen LogP contribution in [0.4, 0.5) is 5.82 Å². The van der Waals surface area contributed by atoms with E-state index in [-0.39, 0.29) is 0 Å². The number of aromatic nitrogens is 4. The summed E-state index contributed by atoms with van der Waals surface area (Å²) in [6.07, 6.45) is 8.87. The second-order valence-corrected chi connectivity index (χ2v) is 9.88. The van der Waals surface area contributed by atoms with Crippen molar-refractivity contribution in [1.82, 2.24) is 24.4 Å². The molecule has 0 unspecified atom stereocenters. The Morgan fingerprint density at radius 3 is 2.53 bits per heavy atom. The van der Waals surface area contributed by atoms with Crippen LogP contribution in [0.5, 0.6) is 0 Å². The van der Waals surface area contributed by atoms with Crippen LogP contribution in [-0.4, -0.2) is 49.8 Å². The number of imidazole rings is 1. The zero-order chi connectivity index (χ0) is 23.2. The van der Waals surface area contributed by atoms with E-state index >= 15 is 0 Å². The first-order chi connectivity index (χ1) is 16.8. The van der Waals surface area contributed by atoms with E-state index in [1.54, 1.807) is 18.0 Å². The molecule has 1 saturated heterocycles. The predicted octanol–water partition coefficient (Wildman–Crippen LogP) is 5.27. The van der Waals surface area contributed by atoms with Gasteiger partial charge >= 0.3 is 0 Å². The van der Waals surface area contributed by atoms with Gasteiger partial charge in [-0.25, -0.2) is 15.0 Å². The molecule has 2 N–H and O–H groups in total. The number of benzene rings is 1. The fourth-order valence-electron chi connectivity index (χ4n) is 4.56. The van der Waals surface area contributed by atoms with E-state index in [1.165, 1.54) is 37.9 Å². The Hall–Kier alpha value is -2.84. The molecule has 7 nitrogen and oxygen atoms in total. The summed E-state index contributed by atoms with van der Waals surface area (Å²) in [5, 5.41) is 0.696. The summed E-state index contributed by atoms with van der Waals surface area (Å²) in [7, 11) is 0. The molecule has 0 amide bonds. The number of furan rings is 1. The summed E-state index contributed by atoms with van der Waals surface area (Å²) in [5.74, 6) is 2.81. The van der Waals surface area contributed by atoms with Gasteiger partial charge < -0.3 is 19.6 Å². The molecule has 3 aromatic heterocycles. The normalized spacial score (nSPS) is 14.7. The van der Waals surface area contributed by atoms with Crippen molar-refractivity contribution < 1.29 is 4.42 Å². The molecule has 5 rings (SSSR count). The van der Waals surface area contributed by atoms with Crippen molar-refractivity contribution in [1.29, 1.82) is 0 Å². The molecule has 0 aliphatic carbocycles. The highest BCUT2D eigenvalue weighted by atomic mass is 32.2. The van der Waals surface area contributed by atoms with Gasteiger partial charge in [-0.1, -0.05) is 48.5 Å². The van der Waals surface area contributed by atoms with Gasteiger partial charge in [-0.2, -0.15) is 0 Å². The van der Waals surface area contributed by atoms with Crippen molar-refractivity contribution in [3.8, 4) is 11.6 Å². The highest BCUT2D eigenvalue weighted by molar-refractivity contribution is 7.99. The number of hydrogen-bond donors (Lipinski definition) is 1. The van der Waals surface area contributed by atoms with Gasteiger partial charge in [0.05, 0.1) is 6.26 Å². The van der Waals surface area contributed by atoms with Crippen LogP contribution in [0.15, 0.2) is 58.3 Å². The Morgan fingerprint density at radius 2 is 1.74 bits per heavy atom. The van der Waals surface area contributed by atoms with Crippen molar-refractivity contribution in [2.75, 3.05) is 31.1 Å². The van der Waals surface area contributed by atoms with Crippen LogP contribution in [0.1, 0.15) is 37.7 Å². The van der Waals surface area contributed by atoms with Crippen LogP contribution >= 0.6 is 11.8 Å². The zero-order valence-electron chi connectivity index (χ0n) is 19.5. The summed E-state index contributed by atoms with van der Waals surface area (Å²) < 4.78 is 7.85. The third kappa shape index (κ3) is 5.45. The number of nitrogens with zero attached hydrogens (tertiary/aromatic N) is 5. The van der Waals surface area contributed by atoms with Crippen LogP contribution in [0.2, 0.25) is 0 Å². The fourth-order valence-corrected chi connectivity index (χ4v) is 5.40. The Balaban J connectivity index is 1.33. The first-order valence-corrected chi connectivity index (χ1v) is 13.2. The van der Waals surface area contributed by atoms with Crippen molar-refractivity contribution >= 4 is 28.7 Å². The second kappa shape index (κ2) is 11.1. The van der Waals surface area contributed by atoms with E-state index in [1.807, 2.05) is 18.2 Å². The van der Waals surface area contributed by atoms with Gasteiger partial charge in [0.15, 0.2) is 33.7 Å². The minimum atomic E-state index is 0.423. The van der Waals surface area contributed by atoms with Gasteiger partial charge in [0.2, 0.25) is 0 Å². The number of rotatable bonds is 10. The van der Waals surface area contributed by atoms with Crippen LogP contribution < -0.4 is 5.73 Å². The molecular formula is C26H32N6OS. The maximum absolute atomic E-state index is 6.35. The second-order valence-electron chi connectivity index (χ2n) is 8.82. The van der Waals surface area contributed by atoms with E-state index in [0.717, 1.165) is 55.3 Å². The van der Waals surface area contributed by atoms with Crippen molar-refractivity contribution in [2.24, 2.45) is 0 Å². The smallest absolute Gasteiger partial charge is 0.191 e.